The Kier molecular flexibility index (Phi) is 7.67. The van der Waals surface area contributed by atoms with E-state index in [9.17, 15) is 9.59 Å². The minimum absolute atomic E-state index is 0.288. The van der Waals surface area contributed by atoms with Crippen LogP contribution in [0, 0.1) is 0 Å². The number of unbranched alkanes of at least 4 members (excludes halogenated alkanes) is 1. The fourth-order valence-corrected chi connectivity index (χ4v) is 2.24. The van der Waals surface area contributed by atoms with Gasteiger partial charge in [-0.3, -0.25) is 4.79 Å². The standard InChI is InChI=1S/C21H25NO5/c1-4-5-14-26-21(24)16-6-8-17(9-7-16)22-20(23)15(2)27-19-12-10-18(25-3)11-13-19/h6-13,15H,4-5,14H2,1-3H3,(H,22,23)/t15-/m0/s1. The van der Waals surface area contributed by atoms with Gasteiger partial charge in [-0.2, -0.15) is 0 Å². The smallest absolute Gasteiger partial charge is 0.338 e. The second kappa shape index (κ2) is 10.2. The number of carbonyl (C=O) groups excluding carboxylic acids is 2. The van der Waals surface area contributed by atoms with Crippen LogP contribution < -0.4 is 14.8 Å². The molecule has 2 rings (SSSR count). The van der Waals surface area contributed by atoms with Crippen LogP contribution in [0.2, 0.25) is 0 Å². The number of methoxy groups -OCH3 is 1. The van der Waals surface area contributed by atoms with E-state index < -0.39 is 6.10 Å². The number of nitrogens with one attached hydrogen (secondary N) is 1. The lowest BCUT2D eigenvalue weighted by Gasteiger charge is -2.15. The quantitative estimate of drug-likeness (QED) is 0.531. The maximum atomic E-state index is 12.3. The van der Waals surface area contributed by atoms with Crippen molar-refractivity contribution in [2.45, 2.75) is 32.8 Å². The number of anilines is 1. The Labute approximate surface area is 159 Å². The number of esters is 1. The number of carbonyl (C=O) groups is 2. The Morgan fingerprint density at radius 3 is 2.22 bits per heavy atom. The number of hydrogen-bond acceptors (Lipinski definition) is 5. The van der Waals surface area contributed by atoms with Gasteiger partial charge in [-0.15, -0.1) is 0 Å². The third-order valence-electron chi connectivity index (χ3n) is 3.86. The molecular formula is C21H25NO5. The van der Waals surface area contributed by atoms with E-state index >= 15 is 0 Å². The normalized spacial score (nSPS) is 11.4. The van der Waals surface area contributed by atoms with Gasteiger partial charge in [-0.25, -0.2) is 4.79 Å². The number of ether oxygens (including phenoxy) is 3. The molecule has 6 heteroatoms. The SMILES string of the molecule is CCCCOC(=O)c1ccc(NC(=O)[C@H](C)Oc2ccc(OC)cc2)cc1. The van der Waals surface area contributed by atoms with E-state index in [2.05, 4.69) is 5.32 Å². The van der Waals surface area contributed by atoms with Crippen LogP contribution in [0.25, 0.3) is 0 Å². The number of rotatable bonds is 9. The maximum absolute atomic E-state index is 12.3. The van der Waals surface area contributed by atoms with Crippen LogP contribution in [-0.2, 0) is 9.53 Å². The molecule has 2 aromatic rings. The molecule has 0 bridgehead atoms. The van der Waals surface area contributed by atoms with E-state index in [0.717, 1.165) is 12.8 Å². The summed E-state index contributed by atoms with van der Waals surface area (Å²) in [6.45, 7) is 4.11. The average molecular weight is 371 g/mol. The summed E-state index contributed by atoms with van der Waals surface area (Å²) in [5.74, 6) is 0.637. The first-order valence-corrected chi connectivity index (χ1v) is 8.92. The molecular weight excluding hydrogens is 346 g/mol. The van der Waals surface area contributed by atoms with Crippen LogP contribution >= 0.6 is 0 Å². The maximum Gasteiger partial charge on any atom is 0.338 e. The number of hydrogen-bond donors (Lipinski definition) is 1. The lowest BCUT2D eigenvalue weighted by molar-refractivity contribution is -0.122. The molecule has 0 saturated heterocycles. The summed E-state index contributed by atoms with van der Waals surface area (Å²) in [7, 11) is 1.59. The Morgan fingerprint density at radius 2 is 1.63 bits per heavy atom. The molecule has 1 atom stereocenters. The van der Waals surface area contributed by atoms with E-state index in [1.807, 2.05) is 6.92 Å². The number of amides is 1. The van der Waals surface area contributed by atoms with Gasteiger partial charge in [-0.05, 0) is 61.9 Å². The molecule has 0 aromatic heterocycles. The van der Waals surface area contributed by atoms with Crippen molar-refractivity contribution in [3.63, 3.8) is 0 Å². The highest BCUT2D eigenvalue weighted by Crippen LogP contribution is 2.19. The first-order chi connectivity index (χ1) is 13.0. The largest absolute Gasteiger partial charge is 0.497 e. The Hall–Kier alpha value is -3.02. The zero-order valence-electron chi connectivity index (χ0n) is 15.9. The minimum Gasteiger partial charge on any atom is -0.497 e. The highest BCUT2D eigenvalue weighted by atomic mass is 16.5. The summed E-state index contributed by atoms with van der Waals surface area (Å²) in [5, 5.41) is 2.76. The Morgan fingerprint density at radius 1 is 1.00 bits per heavy atom. The lowest BCUT2D eigenvalue weighted by Crippen LogP contribution is -2.30. The van der Waals surface area contributed by atoms with Crippen molar-refractivity contribution in [2.75, 3.05) is 19.0 Å². The van der Waals surface area contributed by atoms with Gasteiger partial charge in [0.15, 0.2) is 6.10 Å². The zero-order chi connectivity index (χ0) is 19.6. The molecule has 1 N–H and O–H groups in total. The van der Waals surface area contributed by atoms with E-state index in [1.165, 1.54) is 0 Å². The van der Waals surface area contributed by atoms with Crippen LogP contribution in [0.5, 0.6) is 11.5 Å². The van der Waals surface area contributed by atoms with E-state index in [-0.39, 0.29) is 11.9 Å². The van der Waals surface area contributed by atoms with Gasteiger partial charge in [0.2, 0.25) is 0 Å². The van der Waals surface area contributed by atoms with Crippen molar-refractivity contribution >= 4 is 17.6 Å². The van der Waals surface area contributed by atoms with Crippen molar-refractivity contribution in [3.05, 3.63) is 54.1 Å². The van der Waals surface area contributed by atoms with Crippen molar-refractivity contribution in [2.24, 2.45) is 0 Å². The first-order valence-electron chi connectivity index (χ1n) is 8.92. The van der Waals surface area contributed by atoms with Crippen LogP contribution in [0.15, 0.2) is 48.5 Å². The second-order valence-electron chi connectivity index (χ2n) is 5.99. The molecule has 0 radical (unpaired) electrons. The van der Waals surface area contributed by atoms with Crippen molar-refractivity contribution in [1.82, 2.24) is 0 Å². The molecule has 0 heterocycles. The average Bonchev–Trinajstić information content (AvgIpc) is 2.69. The molecule has 2 aromatic carbocycles. The molecule has 6 nitrogen and oxygen atoms in total. The molecule has 27 heavy (non-hydrogen) atoms. The summed E-state index contributed by atoms with van der Waals surface area (Å²) in [6.07, 6.45) is 1.12. The van der Waals surface area contributed by atoms with Crippen molar-refractivity contribution < 1.29 is 23.8 Å². The molecule has 0 aliphatic heterocycles. The van der Waals surface area contributed by atoms with Gasteiger partial charge in [0.1, 0.15) is 11.5 Å². The fraction of sp³-hybridized carbons (Fsp3) is 0.333. The summed E-state index contributed by atoms with van der Waals surface area (Å²) in [5.41, 5.74) is 1.03. The van der Waals surface area contributed by atoms with Crippen LogP contribution in [0.1, 0.15) is 37.0 Å². The van der Waals surface area contributed by atoms with Crippen LogP contribution in [-0.4, -0.2) is 31.7 Å². The van der Waals surface area contributed by atoms with Gasteiger partial charge < -0.3 is 19.5 Å². The summed E-state index contributed by atoms with van der Waals surface area (Å²) < 4.78 is 15.9. The lowest BCUT2D eigenvalue weighted by atomic mass is 10.2. The predicted octanol–water partition coefficient (Wildman–Crippen LogP) is 4.06. The van der Waals surface area contributed by atoms with Crippen molar-refractivity contribution in [3.8, 4) is 11.5 Å². The zero-order valence-corrected chi connectivity index (χ0v) is 15.9. The minimum atomic E-state index is -0.683. The second-order valence-corrected chi connectivity index (χ2v) is 5.99. The predicted molar refractivity (Wildman–Crippen MR) is 103 cm³/mol. The summed E-state index contributed by atoms with van der Waals surface area (Å²) in [4.78, 5) is 24.2. The van der Waals surface area contributed by atoms with Crippen LogP contribution in [0.4, 0.5) is 5.69 Å². The molecule has 0 fully saturated rings. The van der Waals surface area contributed by atoms with E-state index in [4.69, 9.17) is 14.2 Å². The molecule has 0 spiro atoms. The van der Waals surface area contributed by atoms with Gasteiger partial charge in [-0.1, -0.05) is 13.3 Å². The third kappa shape index (κ3) is 6.33. The monoisotopic (exact) mass is 371 g/mol. The highest BCUT2D eigenvalue weighted by Gasteiger charge is 2.15. The fourth-order valence-electron chi connectivity index (χ4n) is 2.24. The van der Waals surface area contributed by atoms with Gasteiger partial charge in [0, 0.05) is 5.69 Å². The molecule has 0 aliphatic carbocycles. The Balaban J connectivity index is 1.87. The topological polar surface area (TPSA) is 73.9 Å². The third-order valence-corrected chi connectivity index (χ3v) is 3.86. The molecule has 0 saturated carbocycles. The van der Waals surface area contributed by atoms with Crippen molar-refractivity contribution in [1.29, 1.82) is 0 Å². The van der Waals surface area contributed by atoms with E-state index in [1.54, 1.807) is 62.6 Å². The number of benzene rings is 2. The van der Waals surface area contributed by atoms with Gasteiger partial charge >= 0.3 is 5.97 Å². The van der Waals surface area contributed by atoms with Gasteiger partial charge in [0.05, 0.1) is 19.3 Å². The van der Waals surface area contributed by atoms with Gasteiger partial charge in [0.25, 0.3) is 5.91 Å². The summed E-state index contributed by atoms with van der Waals surface area (Å²) in [6, 6.07) is 13.6. The Bertz CT molecular complexity index is 740. The summed E-state index contributed by atoms with van der Waals surface area (Å²) >= 11 is 0. The first kappa shape index (κ1) is 20.3. The van der Waals surface area contributed by atoms with E-state index in [0.29, 0.717) is 29.4 Å². The molecule has 1 amide bonds. The van der Waals surface area contributed by atoms with Crippen LogP contribution in [0.3, 0.4) is 0 Å². The molecule has 0 unspecified atom stereocenters. The highest BCUT2D eigenvalue weighted by molar-refractivity contribution is 5.95. The molecule has 144 valence electrons. The molecule has 0 aliphatic rings.